The zero-order chi connectivity index (χ0) is 14.8. The summed E-state index contributed by atoms with van der Waals surface area (Å²) in [4.78, 5) is 25.2. The van der Waals surface area contributed by atoms with E-state index < -0.39 is 11.4 Å². The number of aliphatic carboxylic acids is 1. The van der Waals surface area contributed by atoms with Crippen LogP contribution < -0.4 is 4.74 Å². The summed E-state index contributed by atoms with van der Waals surface area (Å²) in [6.07, 6.45) is 0.889. The fraction of sp³-hybridized carbons (Fsp3) is 0.467. The Morgan fingerprint density at radius 3 is 2.30 bits per heavy atom. The van der Waals surface area contributed by atoms with Crippen molar-refractivity contribution in [2.75, 3.05) is 13.7 Å². The van der Waals surface area contributed by atoms with Gasteiger partial charge in [-0.1, -0.05) is 12.1 Å². The van der Waals surface area contributed by atoms with E-state index in [-0.39, 0.29) is 5.91 Å². The van der Waals surface area contributed by atoms with Crippen LogP contribution in [0.5, 0.6) is 5.75 Å². The highest BCUT2D eigenvalue weighted by atomic mass is 16.5. The van der Waals surface area contributed by atoms with Crippen molar-refractivity contribution in [3.8, 4) is 5.75 Å². The van der Waals surface area contributed by atoms with Gasteiger partial charge in [-0.2, -0.15) is 0 Å². The molecule has 1 aromatic carbocycles. The van der Waals surface area contributed by atoms with Crippen molar-refractivity contribution in [3.05, 3.63) is 29.8 Å². The molecule has 0 atom stereocenters. The maximum absolute atomic E-state index is 12.3. The summed E-state index contributed by atoms with van der Waals surface area (Å²) in [5.74, 6) is -0.522. The molecule has 0 bridgehead atoms. The predicted octanol–water partition coefficient (Wildman–Crippen LogP) is 1.91. The third kappa shape index (κ3) is 2.61. The Morgan fingerprint density at radius 1 is 1.30 bits per heavy atom. The van der Waals surface area contributed by atoms with E-state index in [0.29, 0.717) is 25.9 Å². The number of benzene rings is 1. The third-order valence-corrected chi connectivity index (χ3v) is 3.77. The Hall–Kier alpha value is -2.04. The average molecular weight is 277 g/mol. The number of carbonyl (C=O) groups excluding carboxylic acids is 1. The number of amides is 1. The summed E-state index contributed by atoms with van der Waals surface area (Å²) >= 11 is 0. The standard InChI is InChI=1S/C15H19NO4/c1-3-16(13(17)15(8-9-15)14(18)19)10-11-4-6-12(20-2)7-5-11/h4-7H,3,8-10H2,1-2H3,(H,18,19). The van der Waals surface area contributed by atoms with Crippen LogP contribution in [-0.4, -0.2) is 35.5 Å². The first-order valence-electron chi connectivity index (χ1n) is 6.69. The van der Waals surface area contributed by atoms with Crippen molar-refractivity contribution in [3.63, 3.8) is 0 Å². The molecule has 1 aliphatic carbocycles. The van der Waals surface area contributed by atoms with E-state index in [1.165, 1.54) is 0 Å². The van der Waals surface area contributed by atoms with Gasteiger partial charge in [0.25, 0.3) is 0 Å². The first-order chi connectivity index (χ1) is 9.53. The van der Waals surface area contributed by atoms with E-state index in [0.717, 1.165) is 11.3 Å². The number of rotatable bonds is 6. The summed E-state index contributed by atoms with van der Waals surface area (Å²) in [5, 5.41) is 9.19. The van der Waals surface area contributed by atoms with Gasteiger partial charge in [-0.25, -0.2) is 0 Å². The average Bonchev–Trinajstić information content (AvgIpc) is 3.26. The van der Waals surface area contributed by atoms with Crippen LogP contribution in [0, 0.1) is 5.41 Å². The molecule has 5 heteroatoms. The maximum atomic E-state index is 12.3. The summed E-state index contributed by atoms with van der Waals surface area (Å²) < 4.78 is 5.09. The molecular weight excluding hydrogens is 258 g/mol. The molecule has 1 amide bonds. The molecule has 1 N–H and O–H groups in total. The summed E-state index contributed by atoms with van der Waals surface area (Å²) in [6, 6.07) is 7.43. The number of carbonyl (C=O) groups is 2. The van der Waals surface area contributed by atoms with Crippen molar-refractivity contribution >= 4 is 11.9 Å². The number of methoxy groups -OCH3 is 1. The van der Waals surface area contributed by atoms with E-state index in [2.05, 4.69) is 0 Å². The molecule has 0 heterocycles. The summed E-state index contributed by atoms with van der Waals surface area (Å²) in [5.41, 5.74) is -0.204. The number of ether oxygens (including phenoxy) is 1. The highest BCUT2D eigenvalue weighted by molar-refractivity contribution is 6.04. The molecule has 0 aliphatic heterocycles. The molecule has 1 fully saturated rings. The van der Waals surface area contributed by atoms with Crippen LogP contribution in [0.15, 0.2) is 24.3 Å². The molecule has 2 rings (SSSR count). The van der Waals surface area contributed by atoms with E-state index in [4.69, 9.17) is 4.74 Å². The van der Waals surface area contributed by atoms with Crippen molar-refractivity contribution in [1.82, 2.24) is 4.90 Å². The van der Waals surface area contributed by atoms with E-state index >= 15 is 0 Å². The molecule has 5 nitrogen and oxygen atoms in total. The molecule has 1 saturated carbocycles. The van der Waals surface area contributed by atoms with Crippen molar-refractivity contribution < 1.29 is 19.4 Å². The molecule has 0 unspecified atom stereocenters. The van der Waals surface area contributed by atoms with Gasteiger partial charge in [0.2, 0.25) is 5.91 Å². The number of hydrogen-bond acceptors (Lipinski definition) is 3. The van der Waals surface area contributed by atoms with Gasteiger partial charge in [0.05, 0.1) is 7.11 Å². The fourth-order valence-corrected chi connectivity index (χ4v) is 2.23. The number of nitrogens with zero attached hydrogens (tertiary/aromatic N) is 1. The number of hydrogen-bond donors (Lipinski definition) is 1. The Morgan fingerprint density at radius 2 is 1.90 bits per heavy atom. The molecule has 0 aromatic heterocycles. The second kappa shape index (κ2) is 5.53. The van der Waals surface area contributed by atoms with E-state index in [1.807, 2.05) is 31.2 Å². The second-order valence-corrected chi connectivity index (χ2v) is 5.05. The quantitative estimate of drug-likeness (QED) is 0.807. The molecule has 0 radical (unpaired) electrons. The molecule has 0 saturated heterocycles. The molecule has 1 aromatic rings. The minimum atomic E-state index is -1.16. The van der Waals surface area contributed by atoms with Crippen LogP contribution in [0.3, 0.4) is 0 Å². The highest BCUT2D eigenvalue weighted by Gasteiger charge is 2.58. The van der Waals surface area contributed by atoms with Gasteiger partial charge < -0.3 is 14.7 Å². The summed E-state index contributed by atoms with van der Waals surface area (Å²) in [7, 11) is 1.60. The first kappa shape index (κ1) is 14.4. The van der Waals surface area contributed by atoms with Gasteiger partial charge in [-0.05, 0) is 37.5 Å². The molecular formula is C15H19NO4. The fourth-order valence-electron chi connectivity index (χ4n) is 2.23. The van der Waals surface area contributed by atoms with Gasteiger partial charge in [0.1, 0.15) is 11.2 Å². The van der Waals surface area contributed by atoms with Crippen LogP contribution in [0.2, 0.25) is 0 Å². The molecule has 1 aliphatic rings. The SMILES string of the molecule is CCN(Cc1ccc(OC)cc1)C(=O)C1(C(=O)O)CC1. The molecule has 20 heavy (non-hydrogen) atoms. The van der Waals surface area contributed by atoms with Gasteiger partial charge >= 0.3 is 5.97 Å². The molecule has 0 spiro atoms. The summed E-state index contributed by atoms with van der Waals surface area (Å²) in [6.45, 7) is 2.79. The minimum absolute atomic E-state index is 0.275. The number of carboxylic acid groups (broad SMARTS) is 1. The van der Waals surface area contributed by atoms with Gasteiger partial charge in [0, 0.05) is 13.1 Å². The lowest BCUT2D eigenvalue weighted by atomic mass is 10.1. The lowest BCUT2D eigenvalue weighted by Gasteiger charge is -2.24. The lowest BCUT2D eigenvalue weighted by Crippen LogP contribution is -2.40. The monoisotopic (exact) mass is 277 g/mol. The first-order valence-corrected chi connectivity index (χ1v) is 6.69. The maximum Gasteiger partial charge on any atom is 0.319 e. The Bertz CT molecular complexity index is 505. The third-order valence-electron chi connectivity index (χ3n) is 3.77. The predicted molar refractivity (Wildman–Crippen MR) is 73.4 cm³/mol. The normalized spacial score (nSPS) is 15.5. The second-order valence-electron chi connectivity index (χ2n) is 5.05. The Labute approximate surface area is 118 Å². The van der Waals surface area contributed by atoms with Crippen LogP contribution in [0.1, 0.15) is 25.3 Å². The minimum Gasteiger partial charge on any atom is -0.497 e. The zero-order valence-corrected chi connectivity index (χ0v) is 11.8. The number of carboxylic acids is 1. The lowest BCUT2D eigenvalue weighted by molar-refractivity contribution is -0.153. The largest absolute Gasteiger partial charge is 0.497 e. The highest BCUT2D eigenvalue weighted by Crippen LogP contribution is 2.47. The van der Waals surface area contributed by atoms with Crippen LogP contribution in [0.4, 0.5) is 0 Å². The molecule has 108 valence electrons. The topological polar surface area (TPSA) is 66.8 Å². The van der Waals surface area contributed by atoms with Crippen LogP contribution in [0.25, 0.3) is 0 Å². The van der Waals surface area contributed by atoms with Gasteiger partial charge in [0.15, 0.2) is 0 Å². The zero-order valence-electron chi connectivity index (χ0n) is 11.8. The van der Waals surface area contributed by atoms with Crippen LogP contribution in [-0.2, 0) is 16.1 Å². The van der Waals surface area contributed by atoms with Crippen molar-refractivity contribution in [1.29, 1.82) is 0 Å². The van der Waals surface area contributed by atoms with Crippen molar-refractivity contribution in [2.24, 2.45) is 5.41 Å². The smallest absolute Gasteiger partial charge is 0.319 e. The van der Waals surface area contributed by atoms with E-state index in [9.17, 15) is 14.7 Å². The Balaban J connectivity index is 2.08. The van der Waals surface area contributed by atoms with Crippen LogP contribution >= 0.6 is 0 Å². The van der Waals surface area contributed by atoms with Crippen molar-refractivity contribution in [2.45, 2.75) is 26.3 Å². The van der Waals surface area contributed by atoms with Gasteiger partial charge in [-0.15, -0.1) is 0 Å². The van der Waals surface area contributed by atoms with E-state index in [1.54, 1.807) is 12.0 Å². The Kier molecular flexibility index (Phi) is 3.97. The van der Waals surface area contributed by atoms with Gasteiger partial charge in [-0.3, -0.25) is 9.59 Å².